The van der Waals surface area contributed by atoms with Gasteiger partial charge in [0.25, 0.3) is 15.8 Å². The van der Waals surface area contributed by atoms with Crippen LogP contribution >= 0.6 is 11.6 Å². The monoisotopic (exact) mass is 644 g/mol. The van der Waals surface area contributed by atoms with Gasteiger partial charge >= 0.3 is 5.97 Å². The lowest BCUT2D eigenvalue weighted by atomic mass is 9.93. The molecule has 1 aliphatic rings. The number of nitrogens with two attached hydrogens (primary N) is 1. The van der Waals surface area contributed by atoms with E-state index >= 15 is 0 Å². The Morgan fingerprint density at radius 3 is 2.42 bits per heavy atom. The Hall–Kier alpha value is -3.67. The van der Waals surface area contributed by atoms with Crippen molar-refractivity contribution in [2.24, 2.45) is 5.73 Å². The first-order chi connectivity index (χ1) is 20.2. The van der Waals surface area contributed by atoms with Crippen LogP contribution in [0.25, 0.3) is 0 Å². The summed E-state index contributed by atoms with van der Waals surface area (Å²) < 4.78 is 55.0. The van der Waals surface area contributed by atoms with Gasteiger partial charge in [-0.15, -0.1) is 0 Å². The molecule has 0 radical (unpaired) electrons. The topological polar surface area (TPSA) is 202 Å². The van der Waals surface area contributed by atoms with Crippen molar-refractivity contribution in [3.8, 4) is 0 Å². The van der Waals surface area contributed by atoms with Crippen LogP contribution in [0.4, 0.5) is 8.78 Å². The van der Waals surface area contributed by atoms with Gasteiger partial charge < -0.3 is 16.2 Å². The fourth-order valence-corrected chi connectivity index (χ4v) is 5.66. The summed E-state index contributed by atoms with van der Waals surface area (Å²) in [5.74, 6) is -7.70. The van der Waals surface area contributed by atoms with E-state index in [1.807, 2.05) is 0 Å². The van der Waals surface area contributed by atoms with Crippen LogP contribution in [0.1, 0.15) is 35.2 Å². The zero-order valence-corrected chi connectivity index (χ0v) is 23.9. The van der Waals surface area contributed by atoms with E-state index in [9.17, 15) is 46.3 Å². The van der Waals surface area contributed by atoms with Crippen LogP contribution in [0, 0.1) is 0 Å². The summed E-state index contributed by atoms with van der Waals surface area (Å²) in [5.41, 5.74) is 2.88. The van der Waals surface area contributed by atoms with E-state index in [4.69, 9.17) is 22.2 Å². The summed E-state index contributed by atoms with van der Waals surface area (Å²) in [6, 6.07) is 9.53. The van der Waals surface area contributed by atoms with Crippen molar-refractivity contribution in [1.29, 1.82) is 0 Å². The first-order valence-corrected chi connectivity index (χ1v) is 14.5. The molecule has 0 bridgehead atoms. The molecule has 2 atom stereocenters. The van der Waals surface area contributed by atoms with E-state index < -0.39 is 92.4 Å². The SMILES string of the molecule is N[C@](CC(F)F)(C(=O)C(=O)C(=O)[C@@H]1CCCN1)N(CC(=O)NS(=O)(=O)c1cc(C(=O)O)ccc1Cl)OCc1ccccc1. The standard InChI is InChI=1S/C26H27ClF2N4O9S/c27-17-9-8-16(25(38)39)11-19(17)43(40,41)32-21(34)13-33(42-14-15-5-2-1-3-6-15)26(30,12-20(28)29)24(37)23(36)22(35)18-7-4-10-31-18/h1-3,5-6,8-9,11,18,20,31H,4,7,10,12-14,30H2,(H,32,34)(H,38,39)/t18-,26-/m0/s1. The maximum atomic E-state index is 13.8. The summed E-state index contributed by atoms with van der Waals surface area (Å²) in [4.78, 5) is 67.7. The maximum Gasteiger partial charge on any atom is 0.335 e. The molecule has 3 rings (SSSR count). The van der Waals surface area contributed by atoms with Gasteiger partial charge in [-0.3, -0.25) is 24.0 Å². The Bertz CT molecular complexity index is 1510. The Morgan fingerprint density at radius 1 is 1.16 bits per heavy atom. The second-order valence-corrected chi connectivity index (χ2v) is 11.5. The van der Waals surface area contributed by atoms with Gasteiger partial charge in [0.15, 0.2) is 5.66 Å². The van der Waals surface area contributed by atoms with Gasteiger partial charge in [0.1, 0.15) is 11.4 Å². The number of carboxylic acids is 1. The second kappa shape index (κ2) is 14.2. The van der Waals surface area contributed by atoms with Gasteiger partial charge in [0.2, 0.25) is 23.9 Å². The smallest absolute Gasteiger partial charge is 0.335 e. The van der Waals surface area contributed by atoms with Crippen molar-refractivity contribution in [2.45, 2.75) is 48.9 Å². The Morgan fingerprint density at radius 2 is 1.84 bits per heavy atom. The van der Waals surface area contributed by atoms with Gasteiger partial charge in [-0.25, -0.2) is 26.7 Å². The lowest BCUT2D eigenvalue weighted by Crippen LogP contribution is -2.66. The van der Waals surface area contributed by atoms with Crippen LogP contribution in [0.2, 0.25) is 5.02 Å². The minimum atomic E-state index is -4.87. The molecule has 43 heavy (non-hydrogen) atoms. The van der Waals surface area contributed by atoms with Crippen molar-refractivity contribution >= 4 is 50.9 Å². The second-order valence-electron chi connectivity index (χ2n) is 9.47. The molecule has 0 aromatic heterocycles. The molecule has 0 saturated carbocycles. The largest absolute Gasteiger partial charge is 0.478 e. The third-order valence-corrected chi connectivity index (χ3v) is 8.20. The molecule has 232 valence electrons. The highest BCUT2D eigenvalue weighted by molar-refractivity contribution is 7.90. The average molecular weight is 645 g/mol. The number of aromatic carboxylic acids is 1. The van der Waals surface area contributed by atoms with Gasteiger partial charge in [-0.05, 0) is 43.1 Å². The average Bonchev–Trinajstić information content (AvgIpc) is 3.49. The zero-order chi connectivity index (χ0) is 31.9. The molecule has 0 unspecified atom stereocenters. The van der Waals surface area contributed by atoms with E-state index in [0.29, 0.717) is 24.6 Å². The number of nitrogens with one attached hydrogen (secondary N) is 2. The predicted octanol–water partition coefficient (Wildman–Crippen LogP) is 1.05. The van der Waals surface area contributed by atoms with Crippen LogP contribution < -0.4 is 15.8 Å². The Labute approximate surface area is 249 Å². The number of sulfonamides is 1. The molecule has 1 aliphatic heterocycles. The van der Waals surface area contributed by atoms with E-state index in [-0.39, 0.29) is 11.5 Å². The van der Waals surface area contributed by atoms with E-state index in [1.54, 1.807) is 22.9 Å². The number of hydroxylamine groups is 2. The Balaban J connectivity index is 1.95. The predicted molar refractivity (Wildman–Crippen MR) is 145 cm³/mol. The fourth-order valence-electron chi connectivity index (χ4n) is 4.16. The molecule has 2 aromatic carbocycles. The molecular weight excluding hydrogens is 618 g/mol. The molecule has 5 N–H and O–H groups in total. The highest BCUT2D eigenvalue weighted by atomic mass is 35.5. The van der Waals surface area contributed by atoms with Gasteiger partial charge in [0.05, 0.1) is 23.2 Å². The quantitative estimate of drug-likeness (QED) is 0.0930. The number of carbonyl (C=O) groups is 5. The van der Waals surface area contributed by atoms with Crippen LogP contribution in [-0.4, -0.2) is 79.0 Å². The third-order valence-electron chi connectivity index (χ3n) is 6.34. The number of benzene rings is 2. The molecule has 1 saturated heterocycles. The zero-order valence-electron chi connectivity index (χ0n) is 22.3. The van der Waals surface area contributed by atoms with Crippen molar-refractivity contribution in [2.75, 3.05) is 13.1 Å². The summed E-state index contributed by atoms with van der Waals surface area (Å²) in [6.45, 7) is -1.40. The summed E-state index contributed by atoms with van der Waals surface area (Å²) >= 11 is 5.90. The highest BCUT2D eigenvalue weighted by Crippen LogP contribution is 2.25. The Kier molecular flexibility index (Phi) is 11.2. The van der Waals surface area contributed by atoms with Gasteiger partial charge in [-0.1, -0.05) is 41.9 Å². The molecule has 13 nitrogen and oxygen atoms in total. The molecular formula is C26H27ClF2N4O9S. The number of hydrogen-bond acceptors (Lipinski definition) is 11. The van der Waals surface area contributed by atoms with Crippen LogP contribution in [0.15, 0.2) is 53.4 Å². The lowest BCUT2D eigenvalue weighted by Gasteiger charge is -2.37. The summed E-state index contributed by atoms with van der Waals surface area (Å²) in [7, 11) is -4.87. The van der Waals surface area contributed by atoms with Gasteiger partial charge in [-0.2, -0.15) is 5.06 Å². The minimum Gasteiger partial charge on any atom is -0.478 e. The third kappa shape index (κ3) is 8.46. The van der Waals surface area contributed by atoms with Crippen LogP contribution in [-0.2, 0) is 40.6 Å². The number of Topliss-reactive ketones (excluding diaryl/α,β-unsaturated/α-hetero) is 3. The van der Waals surface area contributed by atoms with Crippen LogP contribution in [0.3, 0.4) is 0 Å². The number of nitrogens with zero attached hydrogens (tertiary/aromatic N) is 1. The first-order valence-electron chi connectivity index (χ1n) is 12.6. The number of ketones is 3. The fraction of sp³-hybridized carbons (Fsp3) is 0.346. The van der Waals surface area contributed by atoms with E-state index in [1.165, 1.54) is 12.1 Å². The first kappa shape index (κ1) is 33.8. The number of alkyl halides is 2. The number of amides is 1. The molecule has 17 heteroatoms. The van der Waals surface area contributed by atoms with Crippen molar-refractivity contribution in [3.63, 3.8) is 0 Å². The van der Waals surface area contributed by atoms with Crippen LogP contribution in [0.5, 0.6) is 0 Å². The molecule has 0 aliphatic carbocycles. The number of halogens is 3. The maximum absolute atomic E-state index is 13.8. The number of hydrogen-bond donors (Lipinski definition) is 4. The molecule has 1 heterocycles. The number of carbonyl (C=O) groups excluding carboxylic acids is 4. The summed E-state index contributed by atoms with van der Waals surface area (Å²) in [5, 5.41) is 11.7. The van der Waals surface area contributed by atoms with Crippen molar-refractivity contribution in [3.05, 3.63) is 64.7 Å². The van der Waals surface area contributed by atoms with E-state index in [0.717, 1.165) is 12.1 Å². The van der Waals surface area contributed by atoms with Crippen molar-refractivity contribution < 1.29 is 51.1 Å². The van der Waals surface area contributed by atoms with Gasteiger partial charge in [0, 0.05) is 6.42 Å². The molecule has 1 fully saturated rings. The molecule has 1 amide bonds. The highest BCUT2D eigenvalue weighted by Gasteiger charge is 2.50. The molecule has 0 spiro atoms. The summed E-state index contributed by atoms with van der Waals surface area (Å²) in [6.07, 6.45) is -4.20. The molecule has 2 aromatic rings. The van der Waals surface area contributed by atoms with E-state index in [2.05, 4.69) is 5.32 Å². The normalized spacial score (nSPS) is 16.6. The minimum absolute atomic E-state index is 0.213. The number of carboxylic acid groups (broad SMARTS) is 1. The number of rotatable bonds is 15. The lowest BCUT2D eigenvalue weighted by molar-refractivity contribution is -0.232. The van der Waals surface area contributed by atoms with Crippen molar-refractivity contribution in [1.82, 2.24) is 15.1 Å².